The summed E-state index contributed by atoms with van der Waals surface area (Å²) in [5.41, 5.74) is 7.68. The van der Waals surface area contributed by atoms with Crippen LogP contribution in [0.2, 0.25) is 0 Å². The van der Waals surface area contributed by atoms with Gasteiger partial charge in [-0.2, -0.15) is 0 Å². The molecule has 3 aromatic rings. The highest BCUT2D eigenvalue weighted by atomic mass is 35.5. The minimum absolute atomic E-state index is 0. The van der Waals surface area contributed by atoms with Gasteiger partial charge in [-0.3, -0.25) is 4.98 Å². The fourth-order valence-electron chi connectivity index (χ4n) is 3.82. The van der Waals surface area contributed by atoms with E-state index in [9.17, 15) is 5.11 Å². The Balaban J connectivity index is 0.00000205. The molecule has 0 amide bonds. The SMILES string of the molecule is Cl.N[C@@H]1C[C@@H](c2nc(-c3ccccn3)nn2-c2ccc3c(c2)OCO3)CC[C@H]1O. The summed E-state index contributed by atoms with van der Waals surface area (Å²) >= 11 is 0. The van der Waals surface area contributed by atoms with Crippen molar-refractivity contribution < 1.29 is 14.6 Å². The smallest absolute Gasteiger partial charge is 0.231 e. The molecule has 0 spiro atoms. The van der Waals surface area contributed by atoms with E-state index in [4.69, 9.17) is 25.3 Å². The zero-order valence-corrected chi connectivity index (χ0v) is 16.5. The highest BCUT2D eigenvalue weighted by molar-refractivity contribution is 5.85. The van der Waals surface area contributed by atoms with Gasteiger partial charge in [-0.1, -0.05) is 6.07 Å². The van der Waals surface area contributed by atoms with Gasteiger partial charge in [0.1, 0.15) is 11.5 Å². The zero-order valence-electron chi connectivity index (χ0n) is 15.6. The van der Waals surface area contributed by atoms with Gasteiger partial charge in [0.25, 0.3) is 0 Å². The normalized spacial score (nSPS) is 22.9. The van der Waals surface area contributed by atoms with Crippen LogP contribution < -0.4 is 15.2 Å². The van der Waals surface area contributed by atoms with Crippen LogP contribution in [0.3, 0.4) is 0 Å². The van der Waals surface area contributed by atoms with Gasteiger partial charge in [0.2, 0.25) is 6.79 Å². The van der Waals surface area contributed by atoms with Crippen LogP contribution in [0.5, 0.6) is 11.5 Å². The van der Waals surface area contributed by atoms with Crippen molar-refractivity contribution >= 4 is 12.4 Å². The largest absolute Gasteiger partial charge is 0.454 e. The van der Waals surface area contributed by atoms with Gasteiger partial charge in [-0.25, -0.2) is 9.67 Å². The average Bonchev–Trinajstić information content (AvgIpc) is 3.37. The molecule has 1 aliphatic heterocycles. The highest BCUT2D eigenvalue weighted by Gasteiger charge is 2.31. The Morgan fingerprint density at radius 1 is 1.10 bits per heavy atom. The van der Waals surface area contributed by atoms with Gasteiger partial charge < -0.3 is 20.3 Å². The van der Waals surface area contributed by atoms with E-state index in [1.807, 2.05) is 41.1 Å². The van der Waals surface area contributed by atoms with E-state index in [-0.39, 0.29) is 31.2 Å². The fourth-order valence-corrected chi connectivity index (χ4v) is 3.82. The Kier molecular flexibility index (Phi) is 5.40. The first kappa shape index (κ1) is 19.6. The molecular weight excluding hydrogens is 394 g/mol. The minimum atomic E-state index is -0.464. The third-order valence-electron chi connectivity index (χ3n) is 5.35. The average molecular weight is 416 g/mol. The third kappa shape index (κ3) is 3.66. The number of fused-ring (bicyclic) bond motifs is 1. The first-order valence-corrected chi connectivity index (χ1v) is 9.41. The van der Waals surface area contributed by atoms with Crippen LogP contribution in [0, 0.1) is 0 Å². The summed E-state index contributed by atoms with van der Waals surface area (Å²) in [6.45, 7) is 0.220. The van der Waals surface area contributed by atoms with Gasteiger partial charge in [0.05, 0.1) is 11.8 Å². The van der Waals surface area contributed by atoms with E-state index in [2.05, 4.69) is 4.98 Å². The second-order valence-corrected chi connectivity index (χ2v) is 7.20. The summed E-state index contributed by atoms with van der Waals surface area (Å²) < 4.78 is 12.8. The van der Waals surface area contributed by atoms with Crippen molar-refractivity contribution in [1.82, 2.24) is 19.7 Å². The Hall–Kier alpha value is -2.68. The number of aliphatic hydroxyl groups is 1. The van der Waals surface area contributed by atoms with Crippen molar-refractivity contribution in [2.24, 2.45) is 5.73 Å². The molecule has 1 saturated carbocycles. The third-order valence-corrected chi connectivity index (χ3v) is 5.35. The van der Waals surface area contributed by atoms with Crippen molar-refractivity contribution in [2.75, 3.05) is 6.79 Å². The summed E-state index contributed by atoms with van der Waals surface area (Å²) in [4.78, 5) is 9.19. The maximum atomic E-state index is 10.0. The van der Waals surface area contributed by atoms with E-state index >= 15 is 0 Å². The molecule has 29 heavy (non-hydrogen) atoms. The van der Waals surface area contributed by atoms with E-state index < -0.39 is 6.10 Å². The van der Waals surface area contributed by atoms with Crippen molar-refractivity contribution in [2.45, 2.75) is 37.3 Å². The molecule has 0 bridgehead atoms. The standard InChI is InChI=1S/C20H21N5O3.ClH/c21-14-9-12(4-6-16(14)26)20-23-19(15-3-1-2-8-22-15)24-25(20)13-5-7-17-18(10-13)28-11-27-17;/h1-3,5,7-8,10,12,14,16,26H,4,6,9,11,21H2;1H/t12-,14+,16+;/m0./s1. The van der Waals surface area contributed by atoms with Crippen molar-refractivity contribution in [3.63, 3.8) is 0 Å². The second-order valence-electron chi connectivity index (χ2n) is 7.20. The Labute approximate surface area is 174 Å². The minimum Gasteiger partial charge on any atom is -0.454 e. The predicted octanol–water partition coefficient (Wildman–Crippen LogP) is 2.44. The number of rotatable bonds is 3. The first-order chi connectivity index (χ1) is 13.7. The zero-order chi connectivity index (χ0) is 19.1. The lowest BCUT2D eigenvalue weighted by Gasteiger charge is -2.30. The van der Waals surface area contributed by atoms with Crippen LogP contribution in [-0.2, 0) is 0 Å². The topological polar surface area (TPSA) is 108 Å². The molecule has 9 heteroatoms. The predicted molar refractivity (Wildman–Crippen MR) is 109 cm³/mol. The molecule has 1 fully saturated rings. The maximum absolute atomic E-state index is 10.0. The molecule has 2 aliphatic rings. The summed E-state index contributed by atoms with van der Waals surface area (Å²) in [6, 6.07) is 11.1. The van der Waals surface area contributed by atoms with Crippen molar-refractivity contribution in [1.29, 1.82) is 0 Å². The molecule has 0 unspecified atom stereocenters. The maximum Gasteiger partial charge on any atom is 0.231 e. The molecule has 3 N–H and O–H groups in total. The lowest BCUT2D eigenvalue weighted by molar-refractivity contribution is 0.0989. The summed E-state index contributed by atoms with van der Waals surface area (Å²) in [6.07, 6.45) is 3.38. The van der Waals surface area contributed by atoms with E-state index in [1.165, 1.54) is 0 Å². The number of hydrogen-bond acceptors (Lipinski definition) is 7. The number of ether oxygens (including phenoxy) is 2. The van der Waals surface area contributed by atoms with E-state index in [1.54, 1.807) is 6.20 Å². The fraction of sp³-hybridized carbons (Fsp3) is 0.350. The molecule has 2 aromatic heterocycles. The Bertz CT molecular complexity index is 997. The number of aromatic nitrogens is 4. The van der Waals surface area contributed by atoms with E-state index in [0.29, 0.717) is 30.1 Å². The number of nitrogens with zero attached hydrogens (tertiary/aromatic N) is 4. The number of halogens is 1. The number of aliphatic hydroxyl groups excluding tert-OH is 1. The Morgan fingerprint density at radius 2 is 1.97 bits per heavy atom. The molecule has 152 valence electrons. The van der Waals surface area contributed by atoms with Gasteiger partial charge >= 0.3 is 0 Å². The molecule has 3 heterocycles. The van der Waals surface area contributed by atoms with Crippen LogP contribution in [0.4, 0.5) is 0 Å². The van der Waals surface area contributed by atoms with Crippen LogP contribution in [-0.4, -0.2) is 43.8 Å². The molecule has 1 aliphatic carbocycles. The van der Waals surface area contributed by atoms with Gasteiger partial charge in [-0.15, -0.1) is 17.5 Å². The summed E-state index contributed by atoms with van der Waals surface area (Å²) in [5.74, 6) is 2.90. The molecule has 5 rings (SSSR count). The number of pyridine rings is 1. The number of nitrogens with two attached hydrogens (primary N) is 1. The monoisotopic (exact) mass is 415 g/mol. The van der Waals surface area contributed by atoms with Crippen molar-refractivity contribution in [3.05, 3.63) is 48.4 Å². The quantitative estimate of drug-likeness (QED) is 0.676. The van der Waals surface area contributed by atoms with Gasteiger partial charge in [0.15, 0.2) is 17.3 Å². The summed E-state index contributed by atoms with van der Waals surface area (Å²) in [5, 5.41) is 14.7. The van der Waals surface area contributed by atoms with Gasteiger partial charge in [0, 0.05) is 24.2 Å². The lowest BCUT2D eigenvalue weighted by Crippen LogP contribution is -2.40. The molecular formula is C20H22ClN5O3. The van der Waals surface area contributed by atoms with Crippen LogP contribution in [0.25, 0.3) is 17.2 Å². The van der Waals surface area contributed by atoms with E-state index in [0.717, 1.165) is 23.7 Å². The van der Waals surface area contributed by atoms with Crippen LogP contribution in [0.1, 0.15) is 31.0 Å². The first-order valence-electron chi connectivity index (χ1n) is 9.41. The lowest BCUT2D eigenvalue weighted by atomic mass is 9.83. The molecule has 0 radical (unpaired) electrons. The second kappa shape index (κ2) is 7.98. The van der Waals surface area contributed by atoms with Crippen LogP contribution in [0.15, 0.2) is 42.6 Å². The number of hydrogen-bond donors (Lipinski definition) is 2. The van der Waals surface area contributed by atoms with Crippen LogP contribution >= 0.6 is 12.4 Å². The Morgan fingerprint density at radius 3 is 2.76 bits per heavy atom. The molecule has 1 aromatic carbocycles. The van der Waals surface area contributed by atoms with Crippen molar-refractivity contribution in [3.8, 4) is 28.7 Å². The summed E-state index contributed by atoms with van der Waals surface area (Å²) in [7, 11) is 0. The molecule has 8 nitrogen and oxygen atoms in total. The van der Waals surface area contributed by atoms with Gasteiger partial charge in [-0.05, 0) is 43.5 Å². The number of benzene rings is 1. The highest BCUT2D eigenvalue weighted by Crippen LogP contribution is 2.37. The molecule has 0 saturated heterocycles. The molecule has 3 atom stereocenters.